The van der Waals surface area contributed by atoms with Crippen LogP contribution < -0.4 is 5.32 Å². The normalized spacial score (nSPS) is 21.0. The minimum Gasteiger partial charge on any atom is -0.475 e. The summed E-state index contributed by atoms with van der Waals surface area (Å²) < 4.78 is 56.7. The van der Waals surface area contributed by atoms with Gasteiger partial charge in [0.25, 0.3) is 0 Å². The van der Waals surface area contributed by atoms with E-state index in [9.17, 15) is 21.6 Å². The maximum atomic E-state index is 11.7. The second kappa shape index (κ2) is 9.47. The summed E-state index contributed by atoms with van der Waals surface area (Å²) in [5.41, 5.74) is 1.06. The molecular formula is C15H21F3N2O4S2. The van der Waals surface area contributed by atoms with Crippen molar-refractivity contribution >= 4 is 34.3 Å². The molecule has 1 fully saturated rings. The van der Waals surface area contributed by atoms with Gasteiger partial charge in [0.1, 0.15) is 0 Å². The second-order valence-corrected chi connectivity index (χ2v) is 8.43. The Morgan fingerprint density at radius 3 is 2.35 bits per heavy atom. The summed E-state index contributed by atoms with van der Waals surface area (Å²) in [6, 6.07) is 10.00. The smallest absolute Gasteiger partial charge is 0.475 e. The van der Waals surface area contributed by atoms with E-state index in [4.69, 9.17) is 9.90 Å². The van der Waals surface area contributed by atoms with Gasteiger partial charge in [0.2, 0.25) is 10.0 Å². The number of nitrogens with one attached hydrogen (secondary N) is 1. The van der Waals surface area contributed by atoms with E-state index in [-0.39, 0.29) is 11.3 Å². The number of rotatable bonds is 5. The molecule has 1 aliphatic rings. The fourth-order valence-electron chi connectivity index (χ4n) is 2.47. The number of hydrogen-bond donors (Lipinski definition) is 3. The third-order valence-corrected chi connectivity index (χ3v) is 5.26. The first-order valence-electron chi connectivity index (χ1n) is 7.65. The molecule has 148 valence electrons. The van der Waals surface area contributed by atoms with Crippen molar-refractivity contribution in [2.24, 2.45) is 0 Å². The van der Waals surface area contributed by atoms with Crippen LogP contribution in [0.5, 0.6) is 0 Å². The average molecular weight is 414 g/mol. The van der Waals surface area contributed by atoms with Gasteiger partial charge in [0.15, 0.2) is 0 Å². The quantitative estimate of drug-likeness (QED) is 0.645. The van der Waals surface area contributed by atoms with Gasteiger partial charge in [0.05, 0.1) is 6.26 Å². The molecule has 0 saturated carbocycles. The van der Waals surface area contributed by atoms with Crippen molar-refractivity contribution in [3.63, 3.8) is 0 Å². The van der Waals surface area contributed by atoms with Crippen molar-refractivity contribution in [3.05, 3.63) is 30.3 Å². The van der Waals surface area contributed by atoms with Gasteiger partial charge >= 0.3 is 12.1 Å². The van der Waals surface area contributed by atoms with Gasteiger partial charge in [-0.05, 0) is 25.0 Å². The molecule has 1 saturated heterocycles. The highest BCUT2D eigenvalue weighted by molar-refractivity contribution is 7.88. The number of anilines is 1. The van der Waals surface area contributed by atoms with Gasteiger partial charge in [-0.15, -0.1) is 0 Å². The Labute approximate surface area is 155 Å². The fraction of sp³-hybridized carbons (Fsp3) is 0.533. The lowest BCUT2D eigenvalue weighted by atomic mass is 10.1. The van der Waals surface area contributed by atoms with Crippen molar-refractivity contribution in [1.82, 2.24) is 4.31 Å². The Bertz CT molecular complexity index is 684. The van der Waals surface area contributed by atoms with Gasteiger partial charge in [-0.1, -0.05) is 18.2 Å². The van der Waals surface area contributed by atoms with E-state index in [1.165, 1.54) is 6.26 Å². The molecule has 1 heterocycles. The Morgan fingerprint density at radius 2 is 1.88 bits per heavy atom. The minimum atomic E-state index is -5.08. The van der Waals surface area contributed by atoms with Crippen LogP contribution in [0.15, 0.2) is 30.3 Å². The summed E-state index contributed by atoms with van der Waals surface area (Å²) in [4.78, 5) is 8.90. The molecule has 1 aromatic carbocycles. The summed E-state index contributed by atoms with van der Waals surface area (Å²) in [6.45, 7) is 1.29. The molecule has 1 aromatic rings. The van der Waals surface area contributed by atoms with Crippen LogP contribution in [0.1, 0.15) is 12.8 Å². The molecule has 0 radical (unpaired) electrons. The lowest BCUT2D eigenvalue weighted by molar-refractivity contribution is -0.192. The first-order valence-corrected chi connectivity index (χ1v) is 10.0. The molecule has 0 bridgehead atoms. The number of para-hydroxylation sites is 1. The number of carbonyl (C=O) groups is 1. The zero-order valence-corrected chi connectivity index (χ0v) is 15.7. The second-order valence-electron chi connectivity index (χ2n) is 5.76. The first kappa shape index (κ1) is 22.6. The number of nitrogens with zero attached hydrogens (tertiary/aromatic N) is 1. The first-order chi connectivity index (χ1) is 11.9. The predicted molar refractivity (Wildman–Crippen MR) is 96.0 cm³/mol. The van der Waals surface area contributed by atoms with Gasteiger partial charge in [-0.3, -0.25) is 0 Å². The number of benzene rings is 1. The summed E-state index contributed by atoms with van der Waals surface area (Å²) in [6.07, 6.45) is -2.18. The van der Waals surface area contributed by atoms with Crippen LogP contribution in [0.2, 0.25) is 0 Å². The summed E-state index contributed by atoms with van der Waals surface area (Å²) >= 11 is 4.41. The molecule has 11 heteroatoms. The molecule has 0 spiro atoms. The lowest BCUT2D eigenvalue weighted by Gasteiger charge is -2.22. The number of hydrogen-bond acceptors (Lipinski definition) is 5. The minimum absolute atomic E-state index is 0.0636. The van der Waals surface area contributed by atoms with Gasteiger partial charge in [-0.25, -0.2) is 13.2 Å². The molecule has 0 aliphatic carbocycles. The third kappa shape index (κ3) is 7.83. The fourth-order valence-corrected chi connectivity index (χ4v) is 4.18. The highest BCUT2D eigenvalue weighted by Crippen LogP contribution is 2.26. The molecule has 0 amide bonds. The maximum absolute atomic E-state index is 11.7. The van der Waals surface area contributed by atoms with Gasteiger partial charge in [0, 0.05) is 30.1 Å². The van der Waals surface area contributed by atoms with E-state index in [1.54, 1.807) is 4.31 Å². The number of sulfonamides is 1. The van der Waals surface area contributed by atoms with Crippen LogP contribution in [0.4, 0.5) is 18.9 Å². The molecule has 1 aliphatic heterocycles. The van der Waals surface area contributed by atoms with Crippen molar-refractivity contribution in [2.45, 2.75) is 30.3 Å². The van der Waals surface area contributed by atoms with Crippen LogP contribution in [0.25, 0.3) is 0 Å². The van der Waals surface area contributed by atoms with E-state index < -0.39 is 22.2 Å². The van der Waals surface area contributed by atoms with Crippen LogP contribution >= 0.6 is 12.6 Å². The number of aliphatic carboxylic acids is 1. The molecule has 2 rings (SSSR count). The number of carboxylic acids is 1. The molecule has 0 unspecified atom stereocenters. The number of carboxylic acid groups (broad SMARTS) is 1. The van der Waals surface area contributed by atoms with Gasteiger partial charge in [-0.2, -0.15) is 30.1 Å². The van der Waals surface area contributed by atoms with Crippen molar-refractivity contribution < 1.29 is 31.5 Å². The third-order valence-electron chi connectivity index (χ3n) is 3.59. The van der Waals surface area contributed by atoms with Crippen LogP contribution in [0.3, 0.4) is 0 Å². The van der Waals surface area contributed by atoms with Crippen molar-refractivity contribution in [2.75, 3.05) is 24.7 Å². The standard InChI is InChI=1S/C13H20N2O2S2.C2HF3O2/c1-19(16,17)15-10-13(18)9-12(15)7-8-14-11-5-3-2-4-6-11;3-2(4,5)1(6)7/h2-6,12-14,18H,7-10H2,1H3;(H,6,7)/t12-,13-;/m1./s1. The topological polar surface area (TPSA) is 86.7 Å². The number of halogens is 3. The molecule has 2 N–H and O–H groups in total. The van der Waals surface area contributed by atoms with Crippen LogP contribution in [0, 0.1) is 0 Å². The van der Waals surface area contributed by atoms with Crippen molar-refractivity contribution in [1.29, 1.82) is 0 Å². The molecule has 0 aromatic heterocycles. The van der Waals surface area contributed by atoms with E-state index in [0.717, 1.165) is 25.1 Å². The Balaban J connectivity index is 0.000000412. The Hall–Kier alpha value is -1.46. The Morgan fingerprint density at radius 1 is 1.35 bits per heavy atom. The van der Waals surface area contributed by atoms with E-state index in [0.29, 0.717) is 6.54 Å². The van der Waals surface area contributed by atoms with E-state index in [2.05, 4.69) is 17.9 Å². The highest BCUT2D eigenvalue weighted by Gasteiger charge is 2.38. The summed E-state index contributed by atoms with van der Waals surface area (Å²) in [5, 5.41) is 10.6. The SMILES string of the molecule is CS(=O)(=O)N1C[C@H](S)C[C@H]1CCNc1ccccc1.O=C(O)C(F)(F)F. The lowest BCUT2D eigenvalue weighted by Crippen LogP contribution is -2.36. The number of alkyl halides is 3. The molecule has 2 atom stereocenters. The molecule has 26 heavy (non-hydrogen) atoms. The monoisotopic (exact) mass is 414 g/mol. The van der Waals surface area contributed by atoms with E-state index in [1.807, 2.05) is 30.3 Å². The summed E-state index contributed by atoms with van der Waals surface area (Å²) in [7, 11) is -3.12. The largest absolute Gasteiger partial charge is 0.490 e. The maximum Gasteiger partial charge on any atom is 0.490 e. The summed E-state index contributed by atoms with van der Waals surface area (Å²) in [5.74, 6) is -2.76. The molecule has 6 nitrogen and oxygen atoms in total. The van der Waals surface area contributed by atoms with Crippen molar-refractivity contribution in [3.8, 4) is 0 Å². The zero-order valence-electron chi connectivity index (χ0n) is 14.0. The predicted octanol–water partition coefficient (Wildman–Crippen LogP) is 2.45. The number of thiol groups is 1. The average Bonchev–Trinajstić information content (AvgIpc) is 2.89. The highest BCUT2D eigenvalue weighted by atomic mass is 32.2. The zero-order chi connectivity index (χ0) is 20.0. The Kier molecular flexibility index (Phi) is 8.22. The van der Waals surface area contributed by atoms with Gasteiger partial charge < -0.3 is 10.4 Å². The van der Waals surface area contributed by atoms with Crippen LogP contribution in [-0.2, 0) is 14.8 Å². The van der Waals surface area contributed by atoms with E-state index >= 15 is 0 Å². The van der Waals surface area contributed by atoms with Crippen LogP contribution in [-0.4, -0.2) is 60.6 Å². The molecular weight excluding hydrogens is 393 g/mol.